The molecule has 10 heavy (non-hydrogen) atoms. The molecule has 0 nitrogen and oxygen atoms in total. The van der Waals surface area contributed by atoms with Gasteiger partial charge < -0.3 is 0 Å². The van der Waals surface area contributed by atoms with E-state index in [1.165, 1.54) is 5.57 Å². The lowest BCUT2D eigenvalue weighted by Gasteiger charge is -1.98. The highest BCUT2D eigenvalue weighted by Crippen LogP contribution is 2.05. The summed E-state index contributed by atoms with van der Waals surface area (Å²) in [5.41, 5.74) is 1.47. The fourth-order valence-corrected chi connectivity index (χ4v) is 0.941. The van der Waals surface area contributed by atoms with Crippen LogP contribution < -0.4 is 0 Å². The summed E-state index contributed by atoms with van der Waals surface area (Å²) in [5.74, 6) is 0.685. The summed E-state index contributed by atoms with van der Waals surface area (Å²) in [7, 11) is 0. The van der Waals surface area contributed by atoms with Crippen LogP contribution in [0.4, 0.5) is 0 Å². The largest absolute Gasteiger partial charge is 0.0913 e. The molecule has 0 aliphatic rings. The van der Waals surface area contributed by atoms with Crippen molar-refractivity contribution in [3.8, 4) is 0 Å². The van der Waals surface area contributed by atoms with Crippen LogP contribution in [0.3, 0.4) is 0 Å². The Morgan fingerprint density at radius 2 is 2.00 bits per heavy atom. The molecule has 0 bridgehead atoms. The SMILES string of the molecule is CC=CCC(C)=CC(C)C. The Kier molecular flexibility index (Phi) is 5.00. The van der Waals surface area contributed by atoms with Gasteiger partial charge in [0.15, 0.2) is 0 Å². The van der Waals surface area contributed by atoms with Crippen molar-refractivity contribution in [1.82, 2.24) is 0 Å². The lowest BCUT2D eigenvalue weighted by Crippen LogP contribution is -1.81. The first-order valence-corrected chi connectivity index (χ1v) is 3.95. The predicted molar refractivity (Wildman–Crippen MR) is 48.0 cm³/mol. The van der Waals surface area contributed by atoms with E-state index in [4.69, 9.17) is 0 Å². The molecule has 0 heteroatoms. The molecule has 0 aromatic rings. The van der Waals surface area contributed by atoms with Crippen molar-refractivity contribution in [3.63, 3.8) is 0 Å². The molecule has 0 spiro atoms. The second-order valence-corrected chi connectivity index (χ2v) is 3.03. The van der Waals surface area contributed by atoms with E-state index in [-0.39, 0.29) is 0 Å². The zero-order valence-electron chi connectivity index (χ0n) is 7.52. The zero-order chi connectivity index (χ0) is 7.98. The third kappa shape index (κ3) is 5.61. The number of hydrogen-bond acceptors (Lipinski definition) is 0. The fourth-order valence-electron chi connectivity index (χ4n) is 0.941. The average Bonchev–Trinajstić information content (AvgIpc) is 1.82. The van der Waals surface area contributed by atoms with Gasteiger partial charge in [0.05, 0.1) is 0 Å². The van der Waals surface area contributed by atoms with Crippen molar-refractivity contribution < 1.29 is 0 Å². The molecule has 0 aliphatic carbocycles. The Labute approximate surface area is 64.6 Å². The Morgan fingerprint density at radius 3 is 2.40 bits per heavy atom. The summed E-state index contributed by atoms with van der Waals surface area (Å²) in [6.45, 7) is 8.65. The molecule has 0 heterocycles. The molecule has 0 saturated heterocycles. The highest BCUT2D eigenvalue weighted by molar-refractivity contribution is 5.04. The summed E-state index contributed by atoms with van der Waals surface area (Å²) in [6.07, 6.45) is 7.69. The van der Waals surface area contributed by atoms with Crippen LogP contribution >= 0.6 is 0 Å². The van der Waals surface area contributed by atoms with E-state index in [9.17, 15) is 0 Å². The van der Waals surface area contributed by atoms with E-state index in [0.29, 0.717) is 5.92 Å². The summed E-state index contributed by atoms with van der Waals surface area (Å²) in [4.78, 5) is 0. The predicted octanol–water partition coefficient (Wildman–Crippen LogP) is 3.55. The molecular formula is C10H18. The van der Waals surface area contributed by atoms with Crippen molar-refractivity contribution in [2.24, 2.45) is 5.92 Å². The lowest BCUT2D eigenvalue weighted by atomic mass is 10.1. The van der Waals surface area contributed by atoms with E-state index >= 15 is 0 Å². The van der Waals surface area contributed by atoms with Gasteiger partial charge in [-0.05, 0) is 26.2 Å². The van der Waals surface area contributed by atoms with Gasteiger partial charge in [0.1, 0.15) is 0 Å². The fraction of sp³-hybridized carbons (Fsp3) is 0.600. The zero-order valence-corrected chi connectivity index (χ0v) is 7.52. The molecule has 0 aliphatic heterocycles. The van der Waals surface area contributed by atoms with Crippen molar-refractivity contribution in [2.45, 2.75) is 34.1 Å². The van der Waals surface area contributed by atoms with Crippen LogP contribution in [0.15, 0.2) is 23.8 Å². The Morgan fingerprint density at radius 1 is 1.40 bits per heavy atom. The number of allylic oxidation sites excluding steroid dienone is 4. The molecule has 0 fully saturated rings. The molecule has 0 aromatic heterocycles. The van der Waals surface area contributed by atoms with Gasteiger partial charge in [-0.15, -0.1) is 0 Å². The molecule has 58 valence electrons. The minimum Gasteiger partial charge on any atom is -0.0913 e. The third-order valence-electron chi connectivity index (χ3n) is 1.29. The molecule has 0 saturated carbocycles. The quantitative estimate of drug-likeness (QED) is 0.523. The lowest BCUT2D eigenvalue weighted by molar-refractivity contribution is 0.817. The smallest absolute Gasteiger partial charge is 0.0142 e. The van der Waals surface area contributed by atoms with Gasteiger partial charge in [-0.25, -0.2) is 0 Å². The molecule has 0 rings (SSSR count). The van der Waals surface area contributed by atoms with E-state index in [2.05, 4.69) is 45.9 Å². The van der Waals surface area contributed by atoms with Gasteiger partial charge in [-0.3, -0.25) is 0 Å². The van der Waals surface area contributed by atoms with Crippen LogP contribution in [0, 0.1) is 5.92 Å². The maximum atomic E-state index is 2.31. The average molecular weight is 138 g/mol. The second-order valence-electron chi connectivity index (χ2n) is 3.03. The van der Waals surface area contributed by atoms with Crippen molar-refractivity contribution in [2.75, 3.05) is 0 Å². The summed E-state index contributed by atoms with van der Waals surface area (Å²) in [5, 5.41) is 0. The Bertz CT molecular complexity index is 127. The van der Waals surface area contributed by atoms with Gasteiger partial charge >= 0.3 is 0 Å². The van der Waals surface area contributed by atoms with Crippen LogP contribution in [-0.2, 0) is 0 Å². The van der Waals surface area contributed by atoms with E-state index < -0.39 is 0 Å². The summed E-state index contributed by atoms with van der Waals surface area (Å²) in [6, 6.07) is 0. The van der Waals surface area contributed by atoms with Crippen LogP contribution in [-0.4, -0.2) is 0 Å². The molecule has 0 aromatic carbocycles. The van der Waals surface area contributed by atoms with Gasteiger partial charge in [0.2, 0.25) is 0 Å². The molecule has 0 N–H and O–H groups in total. The molecule has 0 atom stereocenters. The van der Waals surface area contributed by atoms with Crippen molar-refractivity contribution in [3.05, 3.63) is 23.8 Å². The topological polar surface area (TPSA) is 0 Å². The van der Waals surface area contributed by atoms with Crippen LogP contribution in [0.25, 0.3) is 0 Å². The van der Waals surface area contributed by atoms with Gasteiger partial charge in [0.25, 0.3) is 0 Å². The van der Waals surface area contributed by atoms with E-state index in [1.54, 1.807) is 0 Å². The minimum absolute atomic E-state index is 0.685. The first-order chi connectivity index (χ1) is 4.66. The molecule has 0 amide bonds. The molecule has 0 radical (unpaired) electrons. The van der Waals surface area contributed by atoms with E-state index in [0.717, 1.165) is 6.42 Å². The first-order valence-electron chi connectivity index (χ1n) is 3.95. The molecular weight excluding hydrogens is 120 g/mol. The summed E-state index contributed by atoms with van der Waals surface area (Å²) < 4.78 is 0. The second kappa shape index (κ2) is 5.28. The number of hydrogen-bond donors (Lipinski definition) is 0. The van der Waals surface area contributed by atoms with Crippen LogP contribution in [0.5, 0.6) is 0 Å². The highest BCUT2D eigenvalue weighted by Gasteiger charge is 1.88. The Balaban J connectivity index is 3.71. The normalized spacial score (nSPS) is 13.5. The Hall–Kier alpha value is -0.520. The minimum atomic E-state index is 0.685. The monoisotopic (exact) mass is 138 g/mol. The van der Waals surface area contributed by atoms with Crippen LogP contribution in [0.2, 0.25) is 0 Å². The first kappa shape index (κ1) is 9.48. The highest BCUT2D eigenvalue weighted by atomic mass is 13.9. The maximum absolute atomic E-state index is 2.31. The van der Waals surface area contributed by atoms with Gasteiger partial charge in [-0.1, -0.05) is 37.6 Å². The number of rotatable bonds is 3. The standard InChI is InChI=1S/C10H18/c1-5-6-7-10(4)8-9(2)3/h5-6,8-9H,7H2,1-4H3. The summed E-state index contributed by atoms with van der Waals surface area (Å²) >= 11 is 0. The molecule has 0 unspecified atom stereocenters. The van der Waals surface area contributed by atoms with Gasteiger partial charge in [0, 0.05) is 0 Å². The van der Waals surface area contributed by atoms with Crippen LogP contribution in [0.1, 0.15) is 34.1 Å². The van der Waals surface area contributed by atoms with Crippen molar-refractivity contribution in [1.29, 1.82) is 0 Å². The van der Waals surface area contributed by atoms with E-state index in [1.807, 2.05) is 0 Å². The van der Waals surface area contributed by atoms with Gasteiger partial charge in [-0.2, -0.15) is 0 Å². The maximum Gasteiger partial charge on any atom is -0.0142 e. The van der Waals surface area contributed by atoms with Crippen molar-refractivity contribution >= 4 is 0 Å². The third-order valence-corrected chi connectivity index (χ3v) is 1.29.